The number of halogens is 1. The van der Waals surface area contributed by atoms with Gasteiger partial charge >= 0.3 is 0 Å². The van der Waals surface area contributed by atoms with Gasteiger partial charge in [-0.15, -0.1) is 0 Å². The number of aryl methyl sites for hydroxylation is 2. The van der Waals surface area contributed by atoms with Crippen molar-refractivity contribution in [2.24, 2.45) is 0 Å². The van der Waals surface area contributed by atoms with E-state index in [-0.39, 0.29) is 5.75 Å². The Kier molecular flexibility index (Phi) is 2.64. The molecule has 0 saturated heterocycles. The second-order valence-corrected chi connectivity index (χ2v) is 3.67. The van der Waals surface area contributed by atoms with Crippen molar-refractivity contribution >= 4 is 0 Å². The van der Waals surface area contributed by atoms with E-state index in [9.17, 15) is 9.50 Å². The van der Waals surface area contributed by atoms with Crippen LogP contribution in [0.15, 0.2) is 18.2 Å². The summed E-state index contributed by atoms with van der Waals surface area (Å²) >= 11 is 0. The summed E-state index contributed by atoms with van der Waals surface area (Å²) in [5.74, 6) is 0.0171. The Morgan fingerprint density at radius 3 is 2.75 bits per heavy atom. The van der Waals surface area contributed by atoms with E-state index in [0.29, 0.717) is 11.4 Å². The van der Waals surface area contributed by atoms with E-state index in [2.05, 4.69) is 9.97 Å². The van der Waals surface area contributed by atoms with Crippen molar-refractivity contribution in [3.8, 4) is 17.1 Å². The molecule has 0 amide bonds. The van der Waals surface area contributed by atoms with Gasteiger partial charge in [0.1, 0.15) is 17.4 Å². The van der Waals surface area contributed by atoms with Crippen LogP contribution in [0.1, 0.15) is 18.3 Å². The van der Waals surface area contributed by atoms with Crippen molar-refractivity contribution in [1.29, 1.82) is 0 Å². The molecule has 0 aliphatic rings. The first kappa shape index (κ1) is 10.7. The summed E-state index contributed by atoms with van der Waals surface area (Å²) in [4.78, 5) is 7.43. The van der Waals surface area contributed by atoms with Crippen LogP contribution >= 0.6 is 0 Å². The molecule has 0 unspecified atom stereocenters. The molecule has 1 heterocycles. The molecule has 84 valence electrons. The molecular formula is C12H13FN2O. The highest BCUT2D eigenvalue weighted by Crippen LogP contribution is 2.28. The van der Waals surface area contributed by atoms with E-state index >= 15 is 0 Å². The molecule has 0 atom stereocenters. The SMILES string of the molecule is CCc1nc(-c2ccc(F)cc2O)[nH]c1C. The summed E-state index contributed by atoms with van der Waals surface area (Å²) < 4.78 is 12.8. The van der Waals surface area contributed by atoms with Gasteiger partial charge in [-0.1, -0.05) is 6.92 Å². The molecule has 0 radical (unpaired) electrons. The Balaban J connectivity index is 2.50. The predicted octanol–water partition coefficient (Wildman–Crippen LogP) is 2.79. The molecule has 2 aromatic rings. The lowest BCUT2D eigenvalue weighted by molar-refractivity contribution is 0.471. The van der Waals surface area contributed by atoms with Crippen molar-refractivity contribution in [1.82, 2.24) is 9.97 Å². The fourth-order valence-corrected chi connectivity index (χ4v) is 1.67. The zero-order chi connectivity index (χ0) is 11.7. The van der Waals surface area contributed by atoms with Crippen molar-refractivity contribution < 1.29 is 9.50 Å². The minimum atomic E-state index is -0.458. The molecule has 0 aliphatic carbocycles. The largest absolute Gasteiger partial charge is 0.507 e. The van der Waals surface area contributed by atoms with Gasteiger partial charge < -0.3 is 10.1 Å². The number of phenolic OH excluding ortho intramolecular Hbond substituents is 1. The van der Waals surface area contributed by atoms with Gasteiger partial charge in [-0.05, 0) is 25.5 Å². The summed E-state index contributed by atoms with van der Waals surface area (Å²) in [6.07, 6.45) is 0.824. The van der Waals surface area contributed by atoms with Crippen LogP contribution in [0.4, 0.5) is 4.39 Å². The Morgan fingerprint density at radius 2 is 2.19 bits per heavy atom. The minimum absolute atomic E-state index is 0.101. The van der Waals surface area contributed by atoms with Crippen molar-refractivity contribution in [2.75, 3.05) is 0 Å². The molecule has 0 bridgehead atoms. The van der Waals surface area contributed by atoms with Gasteiger partial charge in [0.05, 0.1) is 11.3 Å². The van der Waals surface area contributed by atoms with Crippen molar-refractivity contribution in [3.05, 3.63) is 35.4 Å². The Hall–Kier alpha value is -1.84. The average Bonchev–Trinajstić information content (AvgIpc) is 2.59. The number of phenols is 1. The molecule has 0 saturated carbocycles. The van der Waals surface area contributed by atoms with Crippen LogP contribution in [-0.4, -0.2) is 15.1 Å². The van der Waals surface area contributed by atoms with Crippen molar-refractivity contribution in [2.45, 2.75) is 20.3 Å². The van der Waals surface area contributed by atoms with E-state index in [0.717, 1.165) is 23.9 Å². The van der Waals surface area contributed by atoms with Gasteiger partial charge in [-0.2, -0.15) is 0 Å². The van der Waals surface area contributed by atoms with Gasteiger partial charge in [-0.25, -0.2) is 9.37 Å². The third-order valence-electron chi connectivity index (χ3n) is 2.54. The standard InChI is InChI=1S/C12H13FN2O/c1-3-10-7(2)14-12(15-10)9-5-4-8(13)6-11(9)16/h4-6,16H,3H2,1-2H3,(H,14,15). The van der Waals surface area contributed by atoms with Crippen LogP contribution in [0.5, 0.6) is 5.75 Å². The number of nitrogens with zero attached hydrogens (tertiary/aromatic N) is 1. The first-order chi connectivity index (χ1) is 7.61. The van der Waals surface area contributed by atoms with Crippen LogP contribution in [0.3, 0.4) is 0 Å². The van der Waals surface area contributed by atoms with Gasteiger partial charge in [-0.3, -0.25) is 0 Å². The average molecular weight is 220 g/mol. The number of rotatable bonds is 2. The maximum Gasteiger partial charge on any atom is 0.141 e. The highest BCUT2D eigenvalue weighted by Gasteiger charge is 2.11. The van der Waals surface area contributed by atoms with E-state index in [1.165, 1.54) is 12.1 Å². The molecule has 2 rings (SSSR count). The fourth-order valence-electron chi connectivity index (χ4n) is 1.67. The lowest BCUT2D eigenvalue weighted by Gasteiger charge is -2.00. The Morgan fingerprint density at radius 1 is 1.44 bits per heavy atom. The number of aromatic hydroxyl groups is 1. The smallest absolute Gasteiger partial charge is 0.141 e. The molecule has 3 nitrogen and oxygen atoms in total. The van der Waals surface area contributed by atoms with Crippen LogP contribution < -0.4 is 0 Å². The number of H-pyrrole nitrogens is 1. The third-order valence-corrected chi connectivity index (χ3v) is 2.54. The Bertz CT molecular complexity index is 520. The van der Waals surface area contributed by atoms with Gasteiger partial charge in [0.15, 0.2) is 0 Å². The van der Waals surface area contributed by atoms with Crippen molar-refractivity contribution in [3.63, 3.8) is 0 Å². The molecule has 0 spiro atoms. The quantitative estimate of drug-likeness (QED) is 0.817. The molecule has 1 aromatic carbocycles. The number of hydrogen-bond acceptors (Lipinski definition) is 2. The molecule has 0 aliphatic heterocycles. The van der Waals surface area contributed by atoms with E-state index < -0.39 is 5.82 Å². The zero-order valence-electron chi connectivity index (χ0n) is 9.21. The van der Waals surface area contributed by atoms with Crippen LogP contribution in [0, 0.1) is 12.7 Å². The summed E-state index contributed by atoms with van der Waals surface area (Å²) in [7, 11) is 0. The second-order valence-electron chi connectivity index (χ2n) is 3.67. The number of aromatic amines is 1. The van der Waals surface area contributed by atoms with Gasteiger partial charge in [0.2, 0.25) is 0 Å². The first-order valence-electron chi connectivity index (χ1n) is 5.16. The van der Waals surface area contributed by atoms with Crippen LogP contribution in [0.2, 0.25) is 0 Å². The number of nitrogens with one attached hydrogen (secondary N) is 1. The summed E-state index contributed by atoms with van der Waals surface area (Å²) in [6, 6.07) is 3.90. The van der Waals surface area contributed by atoms with Crippen LogP contribution in [-0.2, 0) is 6.42 Å². The first-order valence-corrected chi connectivity index (χ1v) is 5.16. The normalized spacial score (nSPS) is 10.7. The predicted molar refractivity (Wildman–Crippen MR) is 59.8 cm³/mol. The highest BCUT2D eigenvalue weighted by molar-refractivity contribution is 5.64. The van der Waals surface area contributed by atoms with Crippen LogP contribution in [0.25, 0.3) is 11.4 Å². The van der Waals surface area contributed by atoms with E-state index in [1.54, 1.807) is 0 Å². The van der Waals surface area contributed by atoms with Gasteiger partial charge in [0, 0.05) is 11.8 Å². The van der Waals surface area contributed by atoms with Gasteiger partial charge in [0.25, 0.3) is 0 Å². The number of aromatic nitrogens is 2. The second kappa shape index (κ2) is 3.96. The molecule has 0 fully saturated rings. The minimum Gasteiger partial charge on any atom is -0.507 e. The molecule has 2 N–H and O–H groups in total. The summed E-state index contributed by atoms with van der Waals surface area (Å²) in [5, 5.41) is 9.62. The maximum absolute atomic E-state index is 12.8. The lowest BCUT2D eigenvalue weighted by atomic mass is 10.2. The number of benzene rings is 1. The van der Waals surface area contributed by atoms with E-state index in [1.807, 2.05) is 13.8 Å². The highest BCUT2D eigenvalue weighted by atomic mass is 19.1. The topological polar surface area (TPSA) is 48.9 Å². The molecule has 16 heavy (non-hydrogen) atoms. The summed E-state index contributed by atoms with van der Waals surface area (Å²) in [6.45, 7) is 3.94. The Labute approximate surface area is 93.0 Å². The number of imidazole rings is 1. The molecular weight excluding hydrogens is 207 g/mol. The number of hydrogen-bond donors (Lipinski definition) is 2. The monoisotopic (exact) mass is 220 g/mol. The maximum atomic E-state index is 12.8. The van der Waals surface area contributed by atoms with E-state index in [4.69, 9.17) is 0 Å². The third kappa shape index (κ3) is 1.78. The zero-order valence-corrected chi connectivity index (χ0v) is 9.21. The lowest BCUT2D eigenvalue weighted by Crippen LogP contribution is -1.84. The summed E-state index contributed by atoms with van der Waals surface area (Å²) in [5.41, 5.74) is 2.45. The molecule has 1 aromatic heterocycles. The fraction of sp³-hybridized carbons (Fsp3) is 0.250. The molecule has 4 heteroatoms.